The number of thiophene rings is 1. The minimum Gasteiger partial charge on any atom is -0.339 e. The second-order valence-electron chi connectivity index (χ2n) is 6.00. The molecule has 0 N–H and O–H groups in total. The third kappa shape index (κ3) is 2.71. The molecule has 1 fully saturated rings. The summed E-state index contributed by atoms with van der Waals surface area (Å²) in [5.41, 5.74) is 1.62. The zero-order chi connectivity index (χ0) is 16.5. The van der Waals surface area contributed by atoms with E-state index in [1.54, 1.807) is 12.4 Å². The molecule has 0 aromatic carbocycles. The Morgan fingerprint density at radius 2 is 2.12 bits per heavy atom. The number of likely N-dealkylation sites (tertiary alicyclic amines) is 1. The predicted molar refractivity (Wildman–Crippen MR) is 89.7 cm³/mol. The van der Waals surface area contributed by atoms with Crippen molar-refractivity contribution in [1.29, 1.82) is 0 Å². The molecule has 3 aromatic heterocycles. The van der Waals surface area contributed by atoms with Crippen LogP contribution in [0.3, 0.4) is 0 Å². The van der Waals surface area contributed by atoms with Crippen LogP contribution in [0.2, 0.25) is 0 Å². The fraction of sp³-hybridized carbons (Fsp3) is 0.294. The smallest absolute Gasteiger partial charge is 0.254 e. The largest absolute Gasteiger partial charge is 0.339 e. The van der Waals surface area contributed by atoms with Gasteiger partial charge in [-0.1, -0.05) is 12.1 Å². The van der Waals surface area contributed by atoms with Crippen LogP contribution >= 0.6 is 11.3 Å². The molecule has 1 amide bonds. The molecule has 7 heteroatoms. The molecule has 0 aliphatic carbocycles. The Balaban J connectivity index is 1.53. The number of carbonyl (C=O) groups excluding carboxylic acids is 1. The van der Waals surface area contributed by atoms with E-state index in [1.165, 1.54) is 11.3 Å². The molecule has 0 saturated carbocycles. The second-order valence-corrected chi connectivity index (χ2v) is 6.78. The number of nitrogens with zero attached hydrogens (tertiary/aromatic N) is 4. The summed E-state index contributed by atoms with van der Waals surface area (Å²) < 4.78 is 5.47. The van der Waals surface area contributed by atoms with Crippen LogP contribution in [-0.4, -0.2) is 39.0 Å². The first kappa shape index (κ1) is 15.0. The number of aromatic nitrogens is 3. The van der Waals surface area contributed by atoms with Gasteiger partial charge in [-0.05, 0) is 29.5 Å². The topological polar surface area (TPSA) is 72.1 Å². The van der Waals surface area contributed by atoms with Gasteiger partial charge in [0.1, 0.15) is 0 Å². The van der Waals surface area contributed by atoms with Gasteiger partial charge in [-0.15, -0.1) is 0 Å². The van der Waals surface area contributed by atoms with Crippen molar-refractivity contribution in [2.45, 2.75) is 12.8 Å². The summed E-state index contributed by atoms with van der Waals surface area (Å²) in [7, 11) is 0. The lowest BCUT2D eigenvalue weighted by Gasteiger charge is -2.14. The molecule has 4 heterocycles. The quantitative estimate of drug-likeness (QED) is 0.733. The van der Waals surface area contributed by atoms with E-state index in [0.717, 1.165) is 11.1 Å². The van der Waals surface area contributed by atoms with Crippen LogP contribution in [0.5, 0.6) is 0 Å². The van der Waals surface area contributed by atoms with Crippen molar-refractivity contribution in [1.82, 2.24) is 20.0 Å². The predicted octanol–water partition coefficient (Wildman–Crippen LogP) is 3.07. The van der Waals surface area contributed by atoms with E-state index in [0.29, 0.717) is 24.8 Å². The lowest BCUT2D eigenvalue weighted by Crippen LogP contribution is -2.28. The summed E-state index contributed by atoms with van der Waals surface area (Å²) in [6.45, 7) is 3.42. The minimum absolute atomic E-state index is 0.0654. The van der Waals surface area contributed by atoms with Gasteiger partial charge in [0, 0.05) is 36.4 Å². The van der Waals surface area contributed by atoms with Crippen LogP contribution in [0.25, 0.3) is 11.4 Å². The van der Waals surface area contributed by atoms with Gasteiger partial charge in [0.15, 0.2) is 0 Å². The molecule has 2 atom stereocenters. The van der Waals surface area contributed by atoms with Crippen molar-refractivity contribution in [3.8, 4) is 11.4 Å². The Labute approximate surface area is 143 Å². The Morgan fingerprint density at radius 3 is 2.88 bits per heavy atom. The Kier molecular flexibility index (Phi) is 3.86. The summed E-state index contributed by atoms with van der Waals surface area (Å²) in [5.74, 6) is 1.56. The van der Waals surface area contributed by atoms with Gasteiger partial charge in [0.25, 0.3) is 5.91 Å². The Bertz CT molecular complexity index is 831. The number of hydrogen-bond donors (Lipinski definition) is 0. The molecule has 1 saturated heterocycles. The van der Waals surface area contributed by atoms with Crippen LogP contribution < -0.4 is 0 Å². The minimum atomic E-state index is 0.0654. The van der Waals surface area contributed by atoms with Gasteiger partial charge in [-0.25, -0.2) is 0 Å². The zero-order valence-electron chi connectivity index (χ0n) is 13.1. The van der Waals surface area contributed by atoms with Crippen molar-refractivity contribution in [3.63, 3.8) is 0 Å². The van der Waals surface area contributed by atoms with E-state index in [4.69, 9.17) is 4.52 Å². The molecular weight excluding hydrogens is 324 g/mol. The van der Waals surface area contributed by atoms with E-state index < -0.39 is 0 Å². The maximum Gasteiger partial charge on any atom is 0.254 e. The number of carbonyl (C=O) groups is 1. The molecule has 0 spiro atoms. The van der Waals surface area contributed by atoms with Crippen LogP contribution in [-0.2, 0) is 0 Å². The van der Waals surface area contributed by atoms with E-state index in [1.807, 2.05) is 33.9 Å². The van der Waals surface area contributed by atoms with Crippen molar-refractivity contribution in [3.05, 3.63) is 52.8 Å². The van der Waals surface area contributed by atoms with Crippen molar-refractivity contribution in [2.24, 2.45) is 5.92 Å². The van der Waals surface area contributed by atoms with Gasteiger partial charge in [-0.2, -0.15) is 16.3 Å². The van der Waals surface area contributed by atoms with Crippen molar-refractivity contribution >= 4 is 17.2 Å². The summed E-state index contributed by atoms with van der Waals surface area (Å²) in [4.78, 5) is 22.9. The van der Waals surface area contributed by atoms with Crippen molar-refractivity contribution < 1.29 is 9.32 Å². The standard InChI is InChI=1S/C17H16N4O2S/c1-11-8-21(17(22)13-4-7-24-10-13)9-14(11)16-19-15(20-23-16)12-2-5-18-6-3-12/h2-7,10-11,14H,8-9H2,1H3. The van der Waals surface area contributed by atoms with Gasteiger partial charge in [0.2, 0.25) is 11.7 Å². The Morgan fingerprint density at radius 1 is 1.29 bits per heavy atom. The summed E-state index contributed by atoms with van der Waals surface area (Å²) in [6, 6.07) is 5.55. The van der Waals surface area contributed by atoms with E-state index in [2.05, 4.69) is 22.0 Å². The van der Waals surface area contributed by atoms with Crippen LogP contribution in [0.15, 0.2) is 45.9 Å². The molecule has 0 bridgehead atoms. The molecule has 1 aliphatic heterocycles. The van der Waals surface area contributed by atoms with E-state index in [-0.39, 0.29) is 17.7 Å². The molecule has 4 rings (SSSR count). The maximum absolute atomic E-state index is 12.5. The molecule has 2 unspecified atom stereocenters. The number of pyridine rings is 1. The first-order valence-corrected chi connectivity index (χ1v) is 8.72. The highest BCUT2D eigenvalue weighted by atomic mass is 32.1. The van der Waals surface area contributed by atoms with Gasteiger partial charge >= 0.3 is 0 Å². The summed E-state index contributed by atoms with van der Waals surface area (Å²) in [6.07, 6.45) is 3.40. The lowest BCUT2D eigenvalue weighted by molar-refractivity contribution is 0.0786. The highest BCUT2D eigenvalue weighted by Gasteiger charge is 2.37. The number of rotatable bonds is 3. The molecule has 24 heavy (non-hydrogen) atoms. The average Bonchev–Trinajstić information content (AvgIpc) is 3.35. The summed E-state index contributed by atoms with van der Waals surface area (Å²) >= 11 is 1.53. The Hall–Kier alpha value is -2.54. The van der Waals surface area contributed by atoms with Gasteiger partial charge in [0.05, 0.1) is 11.5 Å². The SMILES string of the molecule is CC1CN(C(=O)c2ccsc2)CC1c1nc(-c2ccncc2)no1. The first-order chi connectivity index (χ1) is 11.7. The molecule has 1 aliphatic rings. The average molecular weight is 340 g/mol. The van der Waals surface area contributed by atoms with Gasteiger partial charge in [-0.3, -0.25) is 9.78 Å². The van der Waals surface area contributed by atoms with Crippen LogP contribution in [0, 0.1) is 5.92 Å². The fourth-order valence-electron chi connectivity index (χ4n) is 3.03. The monoisotopic (exact) mass is 340 g/mol. The summed E-state index contributed by atoms with van der Waals surface area (Å²) in [5, 5.41) is 7.87. The lowest BCUT2D eigenvalue weighted by atomic mass is 9.98. The fourth-order valence-corrected chi connectivity index (χ4v) is 3.66. The molecule has 0 radical (unpaired) electrons. The molecule has 3 aromatic rings. The molecule has 122 valence electrons. The van der Waals surface area contributed by atoms with E-state index >= 15 is 0 Å². The molecule has 6 nitrogen and oxygen atoms in total. The highest BCUT2D eigenvalue weighted by molar-refractivity contribution is 7.08. The normalized spacial score (nSPS) is 20.5. The van der Waals surface area contributed by atoms with Crippen LogP contribution in [0.1, 0.15) is 29.1 Å². The first-order valence-electron chi connectivity index (χ1n) is 7.78. The highest BCUT2D eigenvalue weighted by Crippen LogP contribution is 2.33. The third-order valence-electron chi connectivity index (χ3n) is 4.37. The van der Waals surface area contributed by atoms with E-state index in [9.17, 15) is 4.79 Å². The van der Waals surface area contributed by atoms with Crippen LogP contribution in [0.4, 0.5) is 0 Å². The number of hydrogen-bond acceptors (Lipinski definition) is 6. The second kappa shape index (κ2) is 6.16. The number of amides is 1. The zero-order valence-corrected chi connectivity index (χ0v) is 13.9. The maximum atomic E-state index is 12.5. The van der Waals surface area contributed by atoms with Gasteiger partial charge < -0.3 is 9.42 Å². The van der Waals surface area contributed by atoms with Crippen molar-refractivity contribution in [2.75, 3.05) is 13.1 Å². The third-order valence-corrected chi connectivity index (χ3v) is 5.05. The molecular formula is C17H16N4O2S.